The summed E-state index contributed by atoms with van der Waals surface area (Å²) in [6.07, 6.45) is 6.60. The molecule has 1 fully saturated rings. The number of hydrogen-bond acceptors (Lipinski definition) is 6. The van der Waals surface area contributed by atoms with Crippen molar-refractivity contribution in [2.45, 2.75) is 0 Å². The maximum Gasteiger partial charge on any atom is 0.271 e. The van der Waals surface area contributed by atoms with Crippen molar-refractivity contribution in [1.82, 2.24) is 20.3 Å². The van der Waals surface area contributed by atoms with Gasteiger partial charge in [0.15, 0.2) is 0 Å². The molecule has 0 radical (unpaired) electrons. The standard InChI is InChI=1S/C17H20N6O/c1-2-6-19-17(24)14-12-21-16(13-20-14)23-10-8-22(9-11-23)15-5-3-4-7-18-15/h2-5,7,12-13H,1,6,8-11H2,(H,19,24). The largest absolute Gasteiger partial charge is 0.353 e. The van der Waals surface area contributed by atoms with Crippen LogP contribution in [-0.4, -0.2) is 53.6 Å². The van der Waals surface area contributed by atoms with Crippen LogP contribution in [0.5, 0.6) is 0 Å². The first kappa shape index (κ1) is 15.9. The molecule has 7 heteroatoms. The van der Waals surface area contributed by atoms with Crippen molar-refractivity contribution in [2.24, 2.45) is 0 Å². The number of carbonyl (C=O) groups is 1. The van der Waals surface area contributed by atoms with Crippen LogP contribution in [0.15, 0.2) is 49.4 Å². The van der Waals surface area contributed by atoms with Gasteiger partial charge in [0, 0.05) is 38.9 Å². The molecule has 0 spiro atoms. The minimum atomic E-state index is -0.242. The van der Waals surface area contributed by atoms with Crippen molar-refractivity contribution in [3.63, 3.8) is 0 Å². The summed E-state index contributed by atoms with van der Waals surface area (Å²) in [5.41, 5.74) is 0.313. The van der Waals surface area contributed by atoms with Crippen molar-refractivity contribution in [2.75, 3.05) is 42.5 Å². The van der Waals surface area contributed by atoms with Gasteiger partial charge in [-0.15, -0.1) is 6.58 Å². The highest BCUT2D eigenvalue weighted by atomic mass is 16.1. The predicted octanol–water partition coefficient (Wildman–Crippen LogP) is 1.11. The first-order valence-electron chi connectivity index (χ1n) is 7.90. The fraction of sp³-hybridized carbons (Fsp3) is 0.294. The Kier molecular flexibility index (Phi) is 5.00. The molecule has 3 heterocycles. The van der Waals surface area contributed by atoms with Crippen LogP contribution in [0.3, 0.4) is 0 Å². The molecule has 1 aliphatic heterocycles. The summed E-state index contributed by atoms with van der Waals surface area (Å²) in [5.74, 6) is 1.54. The van der Waals surface area contributed by atoms with E-state index in [1.807, 2.05) is 24.4 Å². The summed E-state index contributed by atoms with van der Waals surface area (Å²) in [6.45, 7) is 7.41. The molecule has 2 aromatic heterocycles. The minimum absolute atomic E-state index is 0.242. The molecule has 0 unspecified atom stereocenters. The average Bonchev–Trinajstić information content (AvgIpc) is 2.67. The van der Waals surface area contributed by atoms with Crippen LogP contribution in [-0.2, 0) is 0 Å². The van der Waals surface area contributed by atoms with Crippen molar-refractivity contribution in [3.8, 4) is 0 Å². The maximum atomic E-state index is 11.8. The first-order valence-corrected chi connectivity index (χ1v) is 7.90. The topological polar surface area (TPSA) is 74.2 Å². The van der Waals surface area contributed by atoms with E-state index < -0.39 is 0 Å². The van der Waals surface area contributed by atoms with Crippen LogP contribution in [0, 0.1) is 0 Å². The van der Waals surface area contributed by atoms with Crippen LogP contribution in [0.2, 0.25) is 0 Å². The van der Waals surface area contributed by atoms with Gasteiger partial charge in [-0.2, -0.15) is 0 Å². The maximum absolute atomic E-state index is 11.8. The lowest BCUT2D eigenvalue weighted by molar-refractivity contribution is 0.0952. The Hall–Kier alpha value is -2.96. The van der Waals surface area contributed by atoms with Crippen LogP contribution < -0.4 is 15.1 Å². The van der Waals surface area contributed by atoms with E-state index in [2.05, 4.69) is 36.6 Å². The quantitative estimate of drug-likeness (QED) is 0.831. The number of anilines is 2. The van der Waals surface area contributed by atoms with E-state index in [4.69, 9.17) is 0 Å². The second kappa shape index (κ2) is 7.54. The van der Waals surface area contributed by atoms with E-state index in [1.165, 1.54) is 6.20 Å². The summed E-state index contributed by atoms with van der Waals surface area (Å²) >= 11 is 0. The van der Waals surface area contributed by atoms with Gasteiger partial charge in [0.1, 0.15) is 17.3 Å². The molecular weight excluding hydrogens is 304 g/mol. The Labute approximate surface area is 141 Å². The molecule has 0 aliphatic carbocycles. The van der Waals surface area contributed by atoms with Gasteiger partial charge in [-0.3, -0.25) is 4.79 Å². The highest BCUT2D eigenvalue weighted by Crippen LogP contribution is 2.16. The van der Waals surface area contributed by atoms with Gasteiger partial charge in [0.2, 0.25) is 0 Å². The Bertz CT molecular complexity index is 680. The van der Waals surface area contributed by atoms with Crippen molar-refractivity contribution in [3.05, 3.63) is 55.1 Å². The predicted molar refractivity (Wildman–Crippen MR) is 93.2 cm³/mol. The lowest BCUT2D eigenvalue weighted by Gasteiger charge is -2.35. The number of rotatable bonds is 5. The molecule has 0 bridgehead atoms. The van der Waals surface area contributed by atoms with E-state index in [9.17, 15) is 4.79 Å². The molecule has 1 aliphatic rings. The number of aromatic nitrogens is 3. The highest BCUT2D eigenvalue weighted by molar-refractivity contribution is 5.92. The summed E-state index contributed by atoms with van der Waals surface area (Å²) in [4.78, 5) is 29.2. The zero-order chi connectivity index (χ0) is 16.8. The van der Waals surface area contributed by atoms with Gasteiger partial charge in [-0.1, -0.05) is 12.1 Å². The molecule has 24 heavy (non-hydrogen) atoms. The van der Waals surface area contributed by atoms with Gasteiger partial charge in [-0.05, 0) is 12.1 Å². The van der Waals surface area contributed by atoms with Crippen molar-refractivity contribution >= 4 is 17.5 Å². The third-order valence-electron chi connectivity index (χ3n) is 3.85. The summed E-state index contributed by atoms with van der Waals surface area (Å²) in [5, 5.41) is 2.68. The van der Waals surface area contributed by atoms with Gasteiger partial charge < -0.3 is 15.1 Å². The monoisotopic (exact) mass is 324 g/mol. The second-order valence-corrected chi connectivity index (χ2v) is 5.42. The number of piperazine rings is 1. The van der Waals surface area contributed by atoms with Crippen molar-refractivity contribution in [1.29, 1.82) is 0 Å². The lowest BCUT2D eigenvalue weighted by atomic mass is 10.3. The molecule has 1 saturated heterocycles. The lowest BCUT2D eigenvalue weighted by Crippen LogP contribution is -2.47. The van der Waals surface area contributed by atoms with E-state index in [0.29, 0.717) is 12.2 Å². The molecule has 124 valence electrons. The second-order valence-electron chi connectivity index (χ2n) is 5.42. The summed E-state index contributed by atoms with van der Waals surface area (Å²) < 4.78 is 0. The van der Waals surface area contributed by atoms with E-state index in [0.717, 1.165) is 37.8 Å². The number of pyridine rings is 1. The molecule has 3 rings (SSSR count). The average molecular weight is 324 g/mol. The zero-order valence-electron chi connectivity index (χ0n) is 13.4. The molecule has 0 atom stereocenters. The fourth-order valence-electron chi connectivity index (χ4n) is 2.56. The third-order valence-corrected chi connectivity index (χ3v) is 3.85. The molecule has 1 N–H and O–H groups in total. The number of nitrogens with zero attached hydrogens (tertiary/aromatic N) is 5. The summed E-state index contributed by atoms with van der Waals surface area (Å²) in [7, 11) is 0. The number of hydrogen-bond donors (Lipinski definition) is 1. The molecule has 0 saturated carbocycles. The number of carbonyl (C=O) groups excluding carboxylic acids is 1. The van der Waals surface area contributed by atoms with E-state index in [-0.39, 0.29) is 5.91 Å². The van der Waals surface area contributed by atoms with Gasteiger partial charge in [-0.25, -0.2) is 15.0 Å². The Morgan fingerprint density at radius 2 is 1.83 bits per heavy atom. The van der Waals surface area contributed by atoms with Crippen molar-refractivity contribution < 1.29 is 4.79 Å². The van der Waals surface area contributed by atoms with Gasteiger partial charge in [0.05, 0.1) is 12.4 Å². The van der Waals surface area contributed by atoms with E-state index >= 15 is 0 Å². The van der Waals surface area contributed by atoms with Gasteiger partial charge in [0.25, 0.3) is 5.91 Å². The van der Waals surface area contributed by atoms with Gasteiger partial charge >= 0.3 is 0 Å². The van der Waals surface area contributed by atoms with Crippen LogP contribution >= 0.6 is 0 Å². The Morgan fingerprint density at radius 1 is 1.08 bits per heavy atom. The normalized spacial score (nSPS) is 14.3. The van der Waals surface area contributed by atoms with Crippen LogP contribution in [0.4, 0.5) is 11.6 Å². The molecule has 2 aromatic rings. The summed E-state index contributed by atoms with van der Waals surface area (Å²) in [6, 6.07) is 5.94. The SMILES string of the molecule is C=CCNC(=O)c1cnc(N2CCN(c3ccccn3)CC2)cn1. The number of amides is 1. The third kappa shape index (κ3) is 3.68. The number of nitrogens with one attached hydrogen (secondary N) is 1. The minimum Gasteiger partial charge on any atom is -0.353 e. The van der Waals surface area contributed by atoms with Crippen LogP contribution in [0.1, 0.15) is 10.5 Å². The Morgan fingerprint density at radius 3 is 2.42 bits per heavy atom. The fourth-order valence-corrected chi connectivity index (χ4v) is 2.56. The Balaban J connectivity index is 1.58. The van der Waals surface area contributed by atoms with Crippen LogP contribution in [0.25, 0.3) is 0 Å². The first-order chi connectivity index (χ1) is 11.8. The molecular formula is C17H20N6O. The van der Waals surface area contributed by atoms with E-state index in [1.54, 1.807) is 12.3 Å². The molecule has 7 nitrogen and oxygen atoms in total. The molecule has 0 aromatic carbocycles. The molecule has 1 amide bonds. The smallest absolute Gasteiger partial charge is 0.271 e. The highest BCUT2D eigenvalue weighted by Gasteiger charge is 2.19. The zero-order valence-corrected chi connectivity index (χ0v) is 13.4.